The van der Waals surface area contributed by atoms with E-state index in [4.69, 9.17) is 4.74 Å². The van der Waals surface area contributed by atoms with Gasteiger partial charge in [-0.05, 0) is 23.8 Å². The van der Waals surface area contributed by atoms with Gasteiger partial charge >= 0.3 is 0 Å². The number of hydrogen-bond donors (Lipinski definition) is 0. The van der Waals surface area contributed by atoms with Crippen LogP contribution in [0.5, 0.6) is 0 Å². The van der Waals surface area contributed by atoms with Crippen LogP contribution in [0.2, 0.25) is 0 Å². The lowest BCUT2D eigenvalue weighted by atomic mass is 9.99. The van der Waals surface area contributed by atoms with Crippen LogP contribution in [0.4, 0.5) is 0 Å². The molecular weight excluding hydrogens is 208 g/mol. The number of aryl methyl sites for hydroxylation is 1. The van der Waals surface area contributed by atoms with E-state index < -0.39 is 0 Å². The van der Waals surface area contributed by atoms with Gasteiger partial charge in [0.25, 0.3) is 0 Å². The van der Waals surface area contributed by atoms with Crippen LogP contribution in [0.3, 0.4) is 0 Å². The molecule has 1 unspecified atom stereocenters. The summed E-state index contributed by atoms with van der Waals surface area (Å²) in [6.45, 7) is 4.02. The second-order valence-electron chi connectivity index (χ2n) is 3.95. The quantitative estimate of drug-likeness (QED) is 0.745. The first-order valence-corrected chi connectivity index (χ1v) is 6.11. The summed E-state index contributed by atoms with van der Waals surface area (Å²) in [6, 6.07) is 4.08. The lowest BCUT2D eigenvalue weighted by Crippen LogP contribution is -2.28. The monoisotopic (exact) mass is 226 g/mol. The number of methoxy groups -OCH3 is 1. The van der Waals surface area contributed by atoms with Crippen molar-refractivity contribution < 1.29 is 9.53 Å². The molecule has 1 heterocycles. The second-order valence-corrected chi connectivity index (χ2v) is 4.98. The second kappa shape index (κ2) is 6.03. The van der Waals surface area contributed by atoms with Crippen molar-refractivity contribution in [2.24, 2.45) is 5.92 Å². The van der Waals surface area contributed by atoms with Gasteiger partial charge in [0.15, 0.2) is 5.78 Å². The minimum Gasteiger partial charge on any atom is -0.373 e. The van der Waals surface area contributed by atoms with E-state index in [0.717, 1.165) is 6.42 Å². The van der Waals surface area contributed by atoms with Gasteiger partial charge in [0.05, 0.1) is 0 Å². The highest BCUT2D eigenvalue weighted by Gasteiger charge is 2.20. The molecule has 0 N–H and O–H groups in total. The van der Waals surface area contributed by atoms with Crippen LogP contribution >= 0.6 is 11.3 Å². The molecular formula is C12H18O2S. The lowest BCUT2D eigenvalue weighted by Gasteiger charge is -2.17. The summed E-state index contributed by atoms with van der Waals surface area (Å²) in [6.07, 6.45) is 1.17. The van der Waals surface area contributed by atoms with E-state index >= 15 is 0 Å². The highest BCUT2D eigenvalue weighted by atomic mass is 32.1. The normalized spacial score (nSPS) is 13.1. The number of ether oxygens (including phenoxy) is 1. The Bertz CT molecular complexity index is 291. The molecule has 0 saturated carbocycles. The topological polar surface area (TPSA) is 26.3 Å². The van der Waals surface area contributed by atoms with Gasteiger partial charge in [0.2, 0.25) is 0 Å². The van der Waals surface area contributed by atoms with Crippen molar-refractivity contribution in [1.29, 1.82) is 0 Å². The fourth-order valence-electron chi connectivity index (χ4n) is 1.62. The summed E-state index contributed by atoms with van der Waals surface area (Å²) in [5.74, 6) is 0.465. The molecule has 15 heavy (non-hydrogen) atoms. The first kappa shape index (κ1) is 12.4. The first-order chi connectivity index (χ1) is 7.15. The summed E-state index contributed by atoms with van der Waals surface area (Å²) >= 11 is 1.70. The Morgan fingerprint density at radius 3 is 2.73 bits per heavy atom. The molecule has 0 bridgehead atoms. The van der Waals surface area contributed by atoms with E-state index in [0.29, 0.717) is 6.42 Å². The minimum absolute atomic E-state index is 0.209. The molecule has 1 aromatic rings. The van der Waals surface area contributed by atoms with Gasteiger partial charge < -0.3 is 4.74 Å². The Kier molecular flexibility index (Phi) is 4.99. The molecule has 0 aliphatic rings. The van der Waals surface area contributed by atoms with Crippen molar-refractivity contribution in [2.45, 2.75) is 32.8 Å². The van der Waals surface area contributed by atoms with Crippen LogP contribution in [-0.4, -0.2) is 19.0 Å². The van der Waals surface area contributed by atoms with Crippen molar-refractivity contribution in [2.75, 3.05) is 7.11 Å². The van der Waals surface area contributed by atoms with E-state index in [9.17, 15) is 4.79 Å². The zero-order chi connectivity index (χ0) is 11.3. The van der Waals surface area contributed by atoms with Gasteiger partial charge in [-0.25, -0.2) is 0 Å². The third-order valence-electron chi connectivity index (χ3n) is 2.37. The van der Waals surface area contributed by atoms with Crippen LogP contribution in [0.15, 0.2) is 17.5 Å². The molecule has 0 saturated heterocycles. The van der Waals surface area contributed by atoms with E-state index in [1.54, 1.807) is 18.4 Å². The van der Waals surface area contributed by atoms with E-state index in [2.05, 4.69) is 6.07 Å². The average molecular weight is 226 g/mol. The maximum absolute atomic E-state index is 11.8. The fraction of sp³-hybridized carbons (Fsp3) is 0.583. The SMILES string of the molecule is COC(C(=O)CCc1cccs1)C(C)C. The van der Waals surface area contributed by atoms with Gasteiger partial charge in [-0.3, -0.25) is 4.79 Å². The molecule has 0 radical (unpaired) electrons. The molecule has 3 heteroatoms. The molecule has 0 aliphatic carbocycles. The van der Waals surface area contributed by atoms with Gasteiger partial charge in [0, 0.05) is 18.4 Å². The smallest absolute Gasteiger partial charge is 0.162 e. The van der Waals surface area contributed by atoms with Gasteiger partial charge in [-0.15, -0.1) is 11.3 Å². The molecule has 1 atom stereocenters. The summed E-state index contributed by atoms with van der Waals surface area (Å²) in [5.41, 5.74) is 0. The van der Waals surface area contributed by atoms with E-state index in [1.165, 1.54) is 4.88 Å². The summed E-state index contributed by atoms with van der Waals surface area (Å²) in [4.78, 5) is 13.1. The molecule has 1 rings (SSSR count). The first-order valence-electron chi connectivity index (χ1n) is 5.23. The number of hydrogen-bond acceptors (Lipinski definition) is 3. The molecule has 0 spiro atoms. The van der Waals surface area contributed by atoms with Gasteiger partial charge in [-0.2, -0.15) is 0 Å². The van der Waals surface area contributed by atoms with Gasteiger partial charge in [0.1, 0.15) is 6.10 Å². The number of rotatable bonds is 6. The lowest BCUT2D eigenvalue weighted by molar-refractivity contribution is -0.131. The van der Waals surface area contributed by atoms with Crippen molar-refractivity contribution in [3.63, 3.8) is 0 Å². The number of carbonyl (C=O) groups excluding carboxylic acids is 1. The van der Waals surface area contributed by atoms with E-state index in [1.807, 2.05) is 25.3 Å². The Hall–Kier alpha value is -0.670. The number of Topliss-reactive ketones (excluding diaryl/α,β-unsaturated/α-hetero) is 1. The summed E-state index contributed by atoms with van der Waals surface area (Å²) < 4.78 is 5.20. The van der Waals surface area contributed by atoms with Crippen LogP contribution in [0.1, 0.15) is 25.1 Å². The Morgan fingerprint density at radius 1 is 1.53 bits per heavy atom. The highest BCUT2D eigenvalue weighted by molar-refractivity contribution is 7.09. The Morgan fingerprint density at radius 2 is 2.27 bits per heavy atom. The van der Waals surface area contributed by atoms with Gasteiger partial charge in [-0.1, -0.05) is 19.9 Å². The molecule has 2 nitrogen and oxygen atoms in total. The highest BCUT2D eigenvalue weighted by Crippen LogP contribution is 2.14. The Labute approximate surface area is 95.3 Å². The van der Waals surface area contributed by atoms with Crippen molar-refractivity contribution >= 4 is 17.1 Å². The predicted molar refractivity (Wildman–Crippen MR) is 63.3 cm³/mol. The third kappa shape index (κ3) is 3.76. The largest absolute Gasteiger partial charge is 0.373 e. The Balaban J connectivity index is 2.41. The molecule has 0 aliphatic heterocycles. The van der Waals surface area contributed by atoms with Crippen LogP contribution in [0.25, 0.3) is 0 Å². The van der Waals surface area contributed by atoms with Crippen LogP contribution < -0.4 is 0 Å². The molecule has 0 fully saturated rings. The average Bonchev–Trinajstić information content (AvgIpc) is 2.67. The third-order valence-corrected chi connectivity index (χ3v) is 3.31. The number of thiophene rings is 1. The standard InChI is InChI=1S/C12H18O2S/c1-9(2)12(14-3)11(13)7-6-10-5-4-8-15-10/h4-5,8-9,12H,6-7H2,1-3H3. The van der Waals surface area contributed by atoms with E-state index in [-0.39, 0.29) is 17.8 Å². The predicted octanol–water partition coefficient (Wildman–Crippen LogP) is 2.92. The zero-order valence-electron chi connectivity index (χ0n) is 9.53. The molecule has 1 aromatic heterocycles. The maximum atomic E-state index is 11.8. The van der Waals surface area contributed by atoms with Crippen LogP contribution in [0, 0.1) is 5.92 Å². The summed E-state index contributed by atoms with van der Waals surface area (Å²) in [5, 5.41) is 2.04. The minimum atomic E-state index is -0.245. The molecule has 0 amide bonds. The van der Waals surface area contributed by atoms with Crippen LogP contribution in [-0.2, 0) is 16.0 Å². The van der Waals surface area contributed by atoms with Crippen molar-refractivity contribution in [3.8, 4) is 0 Å². The van der Waals surface area contributed by atoms with Crippen molar-refractivity contribution in [3.05, 3.63) is 22.4 Å². The summed E-state index contributed by atoms with van der Waals surface area (Å²) in [7, 11) is 1.60. The molecule has 84 valence electrons. The fourth-order valence-corrected chi connectivity index (χ4v) is 2.33. The zero-order valence-corrected chi connectivity index (χ0v) is 10.3. The number of ketones is 1. The maximum Gasteiger partial charge on any atom is 0.162 e. The molecule has 0 aromatic carbocycles. The van der Waals surface area contributed by atoms with Crippen molar-refractivity contribution in [1.82, 2.24) is 0 Å². The number of carbonyl (C=O) groups is 1.